The van der Waals surface area contributed by atoms with Crippen LogP contribution in [0.15, 0.2) is 59.1 Å². The van der Waals surface area contributed by atoms with Gasteiger partial charge in [-0.05, 0) is 49.1 Å². The Morgan fingerprint density at radius 1 is 1.00 bits per heavy atom. The lowest BCUT2D eigenvalue weighted by Gasteiger charge is -2.05. The summed E-state index contributed by atoms with van der Waals surface area (Å²) in [5.74, 6) is 0.00746. The number of hydrogen-bond donors (Lipinski definition) is 1. The number of carbonyl (C=O) groups is 1. The number of hydrogen-bond acceptors (Lipinski definition) is 1. The second-order valence-corrected chi connectivity index (χ2v) is 5.62. The van der Waals surface area contributed by atoms with Crippen LogP contribution in [0.4, 0.5) is 0 Å². The third-order valence-electron chi connectivity index (χ3n) is 3.10. The minimum Gasteiger partial charge on any atom is -0.352 e. The van der Waals surface area contributed by atoms with Gasteiger partial charge in [0, 0.05) is 16.6 Å². The molecule has 2 aromatic carbocycles. The first-order valence-electron chi connectivity index (χ1n) is 6.83. The van der Waals surface area contributed by atoms with Gasteiger partial charge < -0.3 is 5.32 Å². The van der Waals surface area contributed by atoms with Crippen molar-refractivity contribution in [1.82, 2.24) is 5.32 Å². The molecule has 0 aliphatic carbocycles. The Morgan fingerprint density at radius 2 is 1.80 bits per heavy atom. The van der Waals surface area contributed by atoms with E-state index in [2.05, 4.69) is 39.4 Å². The zero-order valence-corrected chi connectivity index (χ0v) is 12.9. The van der Waals surface area contributed by atoms with Gasteiger partial charge >= 0.3 is 0 Å². The maximum Gasteiger partial charge on any atom is 0.251 e. The summed E-state index contributed by atoms with van der Waals surface area (Å²) in [6, 6.07) is 17.7. The van der Waals surface area contributed by atoms with Gasteiger partial charge in [0.1, 0.15) is 0 Å². The predicted octanol–water partition coefficient (Wildman–Crippen LogP) is 4.20. The molecule has 0 aromatic heterocycles. The van der Waals surface area contributed by atoms with Crippen LogP contribution in [-0.2, 0) is 6.42 Å². The molecule has 0 saturated carbocycles. The molecule has 1 amide bonds. The van der Waals surface area contributed by atoms with Crippen LogP contribution in [0.25, 0.3) is 0 Å². The number of aryl methyl sites for hydroxylation is 1. The number of benzene rings is 2. The first-order chi connectivity index (χ1) is 9.75. The van der Waals surface area contributed by atoms with Crippen molar-refractivity contribution in [3.05, 3.63) is 70.2 Å². The Labute approximate surface area is 128 Å². The molecule has 2 nitrogen and oxygen atoms in total. The quantitative estimate of drug-likeness (QED) is 0.789. The van der Waals surface area contributed by atoms with E-state index in [4.69, 9.17) is 0 Å². The summed E-state index contributed by atoms with van der Waals surface area (Å²) < 4.78 is 1.12. The van der Waals surface area contributed by atoms with E-state index in [0.717, 1.165) is 35.8 Å². The summed E-state index contributed by atoms with van der Waals surface area (Å²) in [7, 11) is 0. The molecule has 0 atom stereocenters. The minimum atomic E-state index is 0.00746. The van der Waals surface area contributed by atoms with Crippen LogP contribution in [0.1, 0.15) is 28.8 Å². The number of nitrogens with one attached hydrogen (secondary N) is 1. The lowest BCUT2D eigenvalue weighted by atomic mass is 10.1. The van der Waals surface area contributed by atoms with Crippen LogP contribution >= 0.6 is 15.9 Å². The number of rotatable bonds is 6. The molecule has 20 heavy (non-hydrogen) atoms. The number of carbonyl (C=O) groups excluding carboxylic acids is 1. The maximum atomic E-state index is 11.8. The van der Waals surface area contributed by atoms with Crippen molar-refractivity contribution in [1.29, 1.82) is 0 Å². The summed E-state index contributed by atoms with van der Waals surface area (Å²) in [5, 5.41) is 2.95. The topological polar surface area (TPSA) is 29.1 Å². The van der Waals surface area contributed by atoms with Crippen molar-refractivity contribution in [2.24, 2.45) is 0 Å². The van der Waals surface area contributed by atoms with Gasteiger partial charge in [0.05, 0.1) is 0 Å². The fourth-order valence-corrected chi connectivity index (χ4v) is 2.49. The van der Waals surface area contributed by atoms with Crippen molar-refractivity contribution >= 4 is 21.8 Å². The van der Waals surface area contributed by atoms with Crippen molar-refractivity contribution in [3.63, 3.8) is 0 Å². The van der Waals surface area contributed by atoms with Gasteiger partial charge in [-0.25, -0.2) is 0 Å². The fourth-order valence-electron chi connectivity index (χ4n) is 2.04. The van der Waals surface area contributed by atoms with E-state index in [1.165, 1.54) is 5.56 Å². The molecule has 0 fully saturated rings. The Morgan fingerprint density at radius 3 is 2.55 bits per heavy atom. The maximum absolute atomic E-state index is 11.8. The molecule has 104 valence electrons. The average molecular weight is 332 g/mol. The molecule has 3 heteroatoms. The molecular formula is C17H18BrNO. The van der Waals surface area contributed by atoms with Gasteiger partial charge in [-0.15, -0.1) is 0 Å². The van der Waals surface area contributed by atoms with Crippen LogP contribution in [0.2, 0.25) is 0 Å². The Balaban J connectivity index is 1.66. The molecule has 0 radical (unpaired) electrons. The predicted molar refractivity (Wildman–Crippen MR) is 85.9 cm³/mol. The molecule has 0 unspecified atom stereocenters. The summed E-state index contributed by atoms with van der Waals surface area (Å²) in [6.45, 7) is 0.724. The van der Waals surface area contributed by atoms with E-state index >= 15 is 0 Å². The van der Waals surface area contributed by atoms with E-state index < -0.39 is 0 Å². The molecule has 0 saturated heterocycles. The largest absolute Gasteiger partial charge is 0.352 e. The van der Waals surface area contributed by atoms with Crippen molar-refractivity contribution in [2.45, 2.75) is 19.3 Å². The van der Waals surface area contributed by atoms with Crippen LogP contribution in [0.3, 0.4) is 0 Å². The van der Waals surface area contributed by atoms with E-state index in [1.54, 1.807) is 0 Å². The molecular weight excluding hydrogens is 314 g/mol. The lowest BCUT2D eigenvalue weighted by molar-refractivity contribution is 0.0953. The number of unbranched alkanes of at least 4 members (excludes halogenated alkanes) is 1. The monoisotopic (exact) mass is 331 g/mol. The molecule has 1 N–H and O–H groups in total. The van der Waals surface area contributed by atoms with Gasteiger partial charge in [-0.3, -0.25) is 4.79 Å². The summed E-state index contributed by atoms with van der Waals surface area (Å²) in [5.41, 5.74) is 2.05. The van der Waals surface area contributed by atoms with E-state index in [0.29, 0.717) is 0 Å². The van der Waals surface area contributed by atoms with Crippen molar-refractivity contribution in [3.8, 4) is 0 Å². The smallest absolute Gasteiger partial charge is 0.251 e. The third-order valence-corrected chi connectivity index (χ3v) is 3.60. The normalized spacial score (nSPS) is 10.2. The zero-order chi connectivity index (χ0) is 14.2. The molecule has 2 rings (SSSR count). The number of amides is 1. The zero-order valence-electron chi connectivity index (χ0n) is 11.3. The standard InChI is InChI=1S/C17H18BrNO/c18-16-11-6-8-14(13-16)7-4-5-12-19-17(20)15-9-2-1-3-10-15/h1-3,6,8-11,13H,4-5,7,12H2,(H,19,20). The van der Waals surface area contributed by atoms with Gasteiger partial charge in [-0.2, -0.15) is 0 Å². The Bertz CT molecular complexity index is 554. The summed E-state index contributed by atoms with van der Waals surface area (Å²) >= 11 is 3.47. The van der Waals surface area contributed by atoms with E-state index in [9.17, 15) is 4.79 Å². The minimum absolute atomic E-state index is 0.00746. The second-order valence-electron chi connectivity index (χ2n) is 4.71. The van der Waals surface area contributed by atoms with Crippen molar-refractivity contribution in [2.75, 3.05) is 6.54 Å². The molecule has 0 aliphatic heterocycles. The average Bonchev–Trinajstić information content (AvgIpc) is 2.48. The Kier molecular flexibility index (Phi) is 5.81. The van der Waals surface area contributed by atoms with Crippen molar-refractivity contribution < 1.29 is 4.79 Å². The molecule has 0 bridgehead atoms. The SMILES string of the molecule is O=C(NCCCCc1cccc(Br)c1)c1ccccc1. The molecule has 0 heterocycles. The molecule has 2 aromatic rings. The van der Waals surface area contributed by atoms with Crippen LogP contribution in [-0.4, -0.2) is 12.5 Å². The summed E-state index contributed by atoms with van der Waals surface area (Å²) in [4.78, 5) is 11.8. The van der Waals surface area contributed by atoms with E-state index in [-0.39, 0.29) is 5.91 Å². The highest BCUT2D eigenvalue weighted by Crippen LogP contribution is 2.13. The fraction of sp³-hybridized carbons (Fsp3) is 0.235. The lowest BCUT2D eigenvalue weighted by Crippen LogP contribution is -2.24. The van der Waals surface area contributed by atoms with Gasteiger partial charge in [0.15, 0.2) is 0 Å². The highest BCUT2D eigenvalue weighted by atomic mass is 79.9. The van der Waals surface area contributed by atoms with Crippen LogP contribution in [0.5, 0.6) is 0 Å². The molecule has 0 spiro atoms. The first kappa shape index (κ1) is 14.8. The van der Waals surface area contributed by atoms with Crippen LogP contribution in [0, 0.1) is 0 Å². The third kappa shape index (κ3) is 4.82. The first-order valence-corrected chi connectivity index (χ1v) is 7.63. The second kappa shape index (κ2) is 7.85. The Hall–Kier alpha value is -1.61. The highest BCUT2D eigenvalue weighted by Gasteiger charge is 2.02. The van der Waals surface area contributed by atoms with E-state index in [1.807, 2.05) is 36.4 Å². The van der Waals surface area contributed by atoms with Crippen LogP contribution < -0.4 is 5.32 Å². The highest BCUT2D eigenvalue weighted by molar-refractivity contribution is 9.10. The van der Waals surface area contributed by atoms with Gasteiger partial charge in [0.2, 0.25) is 0 Å². The van der Waals surface area contributed by atoms with Gasteiger partial charge in [0.25, 0.3) is 5.91 Å². The summed E-state index contributed by atoms with van der Waals surface area (Å²) in [6.07, 6.45) is 3.11. The number of halogens is 1. The van der Waals surface area contributed by atoms with Gasteiger partial charge in [-0.1, -0.05) is 46.3 Å². The molecule has 0 aliphatic rings.